The zero-order valence-corrected chi connectivity index (χ0v) is 10.8. The van der Waals surface area contributed by atoms with Crippen molar-refractivity contribution in [2.75, 3.05) is 0 Å². The number of rotatable bonds is 1. The van der Waals surface area contributed by atoms with Crippen LogP contribution in [0.5, 0.6) is 0 Å². The molecule has 0 nitrogen and oxygen atoms in total. The lowest BCUT2D eigenvalue weighted by atomic mass is 10.1. The standard InChI is InChI=1S/C12H7BrCl2/c13-9-3-1-8(2-4-9)11-6-5-10(14)7-12(11)15/h1-7H. The number of hydrogen-bond donors (Lipinski definition) is 0. The first kappa shape index (κ1) is 11.0. The Morgan fingerprint density at radius 2 is 1.53 bits per heavy atom. The van der Waals surface area contributed by atoms with E-state index < -0.39 is 0 Å². The van der Waals surface area contributed by atoms with Crippen LogP contribution in [0, 0.1) is 0 Å². The zero-order valence-electron chi connectivity index (χ0n) is 7.68. The highest BCUT2D eigenvalue weighted by Gasteiger charge is 2.03. The van der Waals surface area contributed by atoms with Crippen LogP contribution in [0.4, 0.5) is 0 Å². The third kappa shape index (κ3) is 2.54. The summed E-state index contributed by atoms with van der Waals surface area (Å²) in [4.78, 5) is 0. The highest BCUT2D eigenvalue weighted by molar-refractivity contribution is 9.10. The van der Waals surface area contributed by atoms with Crippen LogP contribution in [0.2, 0.25) is 10.0 Å². The normalized spacial score (nSPS) is 10.3. The minimum absolute atomic E-state index is 0.654. The molecule has 0 saturated heterocycles. The molecule has 76 valence electrons. The second-order valence-electron chi connectivity index (χ2n) is 3.13. The van der Waals surface area contributed by atoms with Gasteiger partial charge in [-0.3, -0.25) is 0 Å². The van der Waals surface area contributed by atoms with E-state index >= 15 is 0 Å². The summed E-state index contributed by atoms with van der Waals surface area (Å²) < 4.78 is 1.05. The molecule has 0 spiro atoms. The van der Waals surface area contributed by atoms with E-state index in [1.165, 1.54) is 0 Å². The molecular weight excluding hydrogens is 295 g/mol. The van der Waals surface area contributed by atoms with Gasteiger partial charge in [-0.15, -0.1) is 0 Å². The number of hydrogen-bond acceptors (Lipinski definition) is 0. The van der Waals surface area contributed by atoms with E-state index in [0.717, 1.165) is 15.6 Å². The SMILES string of the molecule is Clc1ccc(-c2ccc(Br)cc2)c(Cl)c1. The Hall–Kier alpha value is -0.500. The molecule has 0 saturated carbocycles. The molecule has 3 heteroatoms. The number of benzene rings is 2. The lowest BCUT2D eigenvalue weighted by molar-refractivity contribution is 1.59. The van der Waals surface area contributed by atoms with Crippen LogP contribution >= 0.6 is 39.1 Å². The molecule has 0 amide bonds. The maximum atomic E-state index is 6.11. The molecule has 0 heterocycles. The van der Waals surface area contributed by atoms with Gasteiger partial charge in [0.05, 0.1) is 0 Å². The molecule has 15 heavy (non-hydrogen) atoms. The molecule has 0 fully saturated rings. The van der Waals surface area contributed by atoms with Gasteiger partial charge in [-0.05, 0) is 29.8 Å². The molecule has 0 radical (unpaired) electrons. The van der Waals surface area contributed by atoms with E-state index in [-0.39, 0.29) is 0 Å². The first-order valence-corrected chi connectivity index (χ1v) is 5.93. The molecule has 0 aliphatic heterocycles. The van der Waals surface area contributed by atoms with Gasteiger partial charge in [0.1, 0.15) is 0 Å². The molecule has 0 aliphatic rings. The second-order valence-corrected chi connectivity index (χ2v) is 4.89. The van der Waals surface area contributed by atoms with Crippen molar-refractivity contribution >= 4 is 39.1 Å². The minimum atomic E-state index is 0.654. The summed E-state index contributed by atoms with van der Waals surface area (Å²) >= 11 is 15.3. The van der Waals surface area contributed by atoms with Gasteiger partial charge in [0.25, 0.3) is 0 Å². The van der Waals surface area contributed by atoms with Crippen molar-refractivity contribution in [1.29, 1.82) is 0 Å². The molecule has 2 aromatic rings. The summed E-state index contributed by atoms with van der Waals surface area (Å²) in [5.41, 5.74) is 2.08. The summed E-state index contributed by atoms with van der Waals surface area (Å²) in [7, 11) is 0. The summed E-state index contributed by atoms with van der Waals surface area (Å²) in [5, 5.41) is 1.32. The van der Waals surface area contributed by atoms with Crippen LogP contribution in [-0.2, 0) is 0 Å². The third-order valence-electron chi connectivity index (χ3n) is 2.09. The Kier molecular flexibility index (Phi) is 3.35. The molecule has 2 aromatic carbocycles. The van der Waals surface area contributed by atoms with E-state index in [9.17, 15) is 0 Å². The van der Waals surface area contributed by atoms with Crippen LogP contribution in [0.15, 0.2) is 46.9 Å². The third-order valence-corrected chi connectivity index (χ3v) is 3.16. The van der Waals surface area contributed by atoms with Crippen LogP contribution in [-0.4, -0.2) is 0 Å². The first-order valence-electron chi connectivity index (χ1n) is 4.38. The fourth-order valence-electron chi connectivity index (χ4n) is 1.35. The Morgan fingerprint density at radius 1 is 0.867 bits per heavy atom. The summed E-state index contributed by atoms with van der Waals surface area (Å²) in [5.74, 6) is 0. The van der Waals surface area contributed by atoms with Crippen molar-refractivity contribution in [1.82, 2.24) is 0 Å². The molecule has 0 bridgehead atoms. The van der Waals surface area contributed by atoms with E-state index in [1.807, 2.05) is 36.4 Å². The Balaban J connectivity index is 2.49. The fraction of sp³-hybridized carbons (Fsp3) is 0. The van der Waals surface area contributed by atoms with Gasteiger partial charge in [-0.2, -0.15) is 0 Å². The molecular formula is C12H7BrCl2. The molecule has 0 aromatic heterocycles. The zero-order chi connectivity index (χ0) is 10.8. The average molecular weight is 302 g/mol. The van der Waals surface area contributed by atoms with Gasteiger partial charge in [-0.1, -0.05) is 57.3 Å². The topological polar surface area (TPSA) is 0 Å². The van der Waals surface area contributed by atoms with Crippen molar-refractivity contribution < 1.29 is 0 Å². The van der Waals surface area contributed by atoms with Crippen molar-refractivity contribution in [3.63, 3.8) is 0 Å². The second kappa shape index (κ2) is 4.56. The quantitative estimate of drug-likeness (QED) is 0.659. The van der Waals surface area contributed by atoms with Crippen LogP contribution in [0.25, 0.3) is 11.1 Å². The average Bonchev–Trinajstić information content (AvgIpc) is 2.20. The highest BCUT2D eigenvalue weighted by Crippen LogP contribution is 2.30. The minimum Gasteiger partial charge on any atom is -0.0843 e. The molecule has 0 unspecified atom stereocenters. The molecule has 0 atom stereocenters. The van der Waals surface area contributed by atoms with Crippen molar-refractivity contribution in [3.8, 4) is 11.1 Å². The summed E-state index contributed by atoms with van der Waals surface area (Å²) in [6, 6.07) is 13.5. The van der Waals surface area contributed by atoms with Gasteiger partial charge in [0, 0.05) is 20.1 Å². The molecule has 0 aliphatic carbocycles. The van der Waals surface area contributed by atoms with Crippen LogP contribution < -0.4 is 0 Å². The Labute approximate surface area is 107 Å². The fourth-order valence-corrected chi connectivity index (χ4v) is 2.13. The maximum absolute atomic E-state index is 6.11. The first-order chi connectivity index (χ1) is 7.16. The number of halogens is 3. The van der Waals surface area contributed by atoms with Crippen molar-refractivity contribution in [2.45, 2.75) is 0 Å². The van der Waals surface area contributed by atoms with E-state index in [4.69, 9.17) is 23.2 Å². The van der Waals surface area contributed by atoms with E-state index in [1.54, 1.807) is 6.07 Å². The van der Waals surface area contributed by atoms with Gasteiger partial charge < -0.3 is 0 Å². The lowest BCUT2D eigenvalue weighted by Gasteiger charge is -2.04. The summed E-state index contributed by atoms with van der Waals surface area (Å²) in [6.07, 6.45) is 0. The largest absolute Gasteiger partial charge is 0.0843 e. The maximum Gasteiger partial charge on any atom is 0.0499 e. The van der Waals surface area contributed by atoms with E-state index in [0.29, 0.717) is 10.0 Å². The summed E-state index contributed by atoms with van der Waals surface area (Å²) in [6.45, 7) is 0. The van der Waals surface area contributed by atoms with Gasteiger partial charge in [-0.25, -0.2) is 0 Å². The van der Waals surface area contributed by atoms with Crippen LogP contribution in [0.1, 0.15) is 0 Å². The lowest BCUT2D eigenvalue weighted by Crippen LogP contribution is -1.79. The predicted octanol–water partition coefficient (Wildman–Crippen LogP) is 5.42. The smallest absolute Gasteiger partial charge is 0.0499 e. The van der Waals surface area contributed by atoms with Gasteiger partial charge in [0.15, 0.2) is 0 Å². The van der Waals surface area contributed by atoms with Crippen molar-refractivity contribution in [2.24, 2.45) is 0 Å². The Morgan fingerprint density at radius 3 is 2.13 bits per heavy atom. The molecule has 2 rings (SSSR count). The van der Waals surface area contributed by atoms with Gasteiger partial charge >= 0.3 is 0 Å². The van der Waals surface area contributed by atoms with Crippen LogP contribution in [0.3, 0.4) is 0 Å². The predicted molar refractivity (Wildman–Crippen MR) is 69.6 cm³/mol. The van der Waals surface area contributed by atoms with E-state index in [2.05, 4.69) is 15.9 Å². The monoisotopic (exact) mass is 300 g/mol. The van der Waals surface area contributed by atoms with Gasteiger partial charge in [0.2, 0.25) is 0 Å². The molecule has 0 N–H and O–H groups in total. The Bertz CT molecular complexity index is 477. The van der Waals surface area contributed by atoms with Crippen molar-refractivity contribution in [3.05, 3.63) is 57.0 Å². The highest BCUT2D eigenvalue weighted by atomic mass is 79.9.